The van der Waals surface area contributed by atoms with Gasteiger partial charge in [0.25, 0.3) is 11.8 Å². The molecule has 27 heavy (non-hydrogen) atoms. The van der Waals surface area contributed by atoms with Crippen molar-refractivity contribution in [2.75, 3.05) is 0 Å². The van der Waals surface area contributed by atoms with E-state index in [-0.39, 0.29) is 5.91 Å². The third kappa shape index (κ3) is 3.93. The van der Waals surface area contributed by atoms with E-state index in [1.54, 1.807) is 10.9 Å². The summed E-state index contributed by atoms with van der Waals surface area (Å²) in [7, 11) is 0. The number of hydrogen-bond donors (Lipinski definition) is 2. The van der Waals surface area contributed by atoms with Crippen LogP contribution in [0.4, 0.5) is 0 Å². The molecule has 0 aliphatic heterocycles. The zero-order valence-corrected chi connectivity index (χ0v) is 15.6. The van der Waals surface area contributed by atoms with Crippen LogP contribution in [0.25, 0.3) is 5.69 Å². The highest BCUT2D eigenvalue weighted by Gasteiger charge is 2.17. The monoisotopic (exact) mass is 380 g/mol. The standard InChI is InChI=1S/C20H20N4O2S/c25-19(15-12-21-24(13-15)16-8-4-2-5-9-16)22-23-20(26)18-11-14-7-3-1-6-10-17(14)27-18/h2,4-5,8-9,11-13H,1,3,6-7,10H2,(H,22,25)(H,23,26). The lowest BCUT2D eigenvalue weighted by Crippen LogP contribution is -2.41. The van der Waals surface area contributed by atoms with Crippen molar-refractivity contribution in [3.05, 3.63) is 69.7 Å². The fraction of sp³-hybridized carbons (Fsp3) is 0.250. The Morgan fingerprint density at radius 2 is 1.78 bits per heavy atom. The van der Waals surface area contributed by atoms with E-state index in [1.165, 1.54) is 47.2 Å². The molecule has 2 heterocycles. The number of nitrogens with zero attached hydrogens (tertiary/aromatic N) is 2. The summed E-state index contributed by atoms with van der Waals surface area (Å²) in [6, 6.07) is 11.5. The van der Waals surface area contributed by atoms with E-state index >= 15 is 0 Å². The number of aromatic nitrogens is 2. The van der Waals surface area contributed by atoms with Gasteiger partial charge in [-0.3, -0.25) is 20.4 Å². The van der Waals surface area contributed by atoms with Crippen LogP contribution >= 0.6 is 11.3 Å². The number of benzene rings is 1. The zero-order chi connectivity index (χ0) is 18.6. The summed E-state index contributed by atoms with van der Waals surface area (Å²) in [5, 5.41) is 4.19. The molecular formula is C20H20N4O2S. The Labute approximate surface area is 161 Å². The Hall–Kier alpha value is -2.93. The smallest absolute Gasteiger partial charge is 0.267 e. The molecule has 3 aromatic rings. The van der Waals surface area contributed by atoms with Gasteiger partial charge < -0.3 is 0 Å². The van der Waals surface area contributed by atoms with E-state index in [0.717, 1.165) is 18.5 Å². The second kappa shape index (κ2) is 7.75. The summed E-state index contributed by atoms with van der Waals surface area (Å²) >= 11 is 1.53. The van der Waals surface area contributed by atoms with Crippen molar-refractivity contribution in [1.82, 2.24) is 20.6 Å². The van der Waals surface area contributed by atoms with Gasteiger partial charge in [-0.15, -0.1) is 11.3 Å². The minimum Gasteiger partial charge on any atom is -0.267 e. The molecule has 0 radical (unpaired) electrons. The molecule has 2 N–H and O–H groups in total. The summed E-state index contributed by atoms with van der Waals surface area (Å²) in [6.45, 7) is 0. The van der Waals surface area contributed by atoms with Gasteiger partial charge in [0.15, 0.2) is 0 Å². The van der Waals surface area contributed by atoms with Gasteiger partial charge in [0, 0.05) is 11.1 Å². The summed E-state index contributed by atoms with van der Waals surface area (Å²) in [5.41, 5.74) is 7.49. The number of para-hydroxylation sites is 1. The first kappa shape index (κ1) is 17.5. The first-order valence-corrected chi connectivity index (χ1v) is 9.85. The van der Waals surface area contributed by atoms with Crippen molar-refractivity contribution in [3.8, 4) is 5.69 Å². The zero-order valence-electron chi connectivity index (χ0n) is 14.8. The molecule has 2 amide bonds. The average Bonchev–Trinajstić information content (AvgIpc) is 3.29. The van der Waals surface area contributed by atoms with Crippen molar-refractivity contribution >= 4 is 23.2 Å². The minimum atomic E-state index is -0.399. The molecule has 6 nitrogen and oxygen atoms in total. The Morgan fingerprint density at radius 3 is 2.63 bits per heavy atom. The highest BCUT2D eigenvalue weighted by Crippen LogP contribution is 2.28. The largest absolute Gasteiger partial charge is 0.279 e. The molecule has 7 heteroatoms. The first-order chi connectivity index (χ1) is 13.2. The molecule has 1 aliphatic carbocycles. The second-order valence-electron chi connectivity index (χ2n) is 6.54. The molecule has 0 saturated carbocycles. The predicted octanol–water partition coefficient (Wildman–Crippen LogP) is 3.28. The molecule has 0 unspecified atom stereocenters. The van der Waals surface area contributed by atoms with E-state index in [2.05, 4.69) is 16.0 Å². The van der Waals surface area contributed by atoms with Crippen LogP contribution in [0.2, 0.25) is 0 Å². The third-order valence-electron chi connectivity index (χ3n) is 4.63. The summed E-state index contributed by atoms with van der Waals surface area (Å²) in [5.74, 6) is -0.680. The van der Waals surface area contributed by atoms with E-state index in [9.17, 15) is 9.59 Å². The molecule has 0 fully saturated rings. The second-order valence-corrected chi connectivity index (χ2v) is 7.67. The number of rotatable bonds is 3. The van der Waals surface area contributed by atoms with Gasteiger partial charge in [0.1, 0.15) is 0 Å². The normalized spacial score (nSPS) is 13.5. The number of carbonyl (C=O) groups excluding carboxylic acids is 2. The van der Waals surface area contributed by atoms with Crippen molar-refractivity contribution in [2.24, 2.45) is 0 Å². The number of carbonyl (C=O) groups is 2. The van der Waals surface area contributed by atoms with Crippen molar-refractivity contribution < 1.29 is 9.59 Å². The number of nitrogens with one attached hydrogen (secondary N) is 2. The molecular weight excluding hydrogens is 360 g/mol. The maximum Gasteiger partial charge on any atom is 0.279 e. The Bertz CT molecular complexity index is 938. The molecule has 0 saturated heterocycles. The van der Waals surface area contributed by atoms with Gasteiger partial charge in [-0.05, 0) is 49.4 Å². The number of amides is 2. The molecule has 1 aliphatic rings. The number of thiophene rings is 1. The van der Waals surface area contributed by atoms with Crippen LogP contribution < -0.4 is 10.9 Å². The molecule has 2 aromatic heterocycles. The van der Waals surface area contributed by atoms with Crippen molar-refractivity contribution in [1.29, 1.82) is 0 Å². The fourth-order valence-electron chi connectivity index (χ4n) is 3.19. The van der Waals surface area contributed by atoms with Gasteiger partial charge in [-0.2, -0.15) is 5.10 Å². The van der Waals surface area contributed by atoms with Crippen LogP contribution in [0.1, 0.15) is 49.7 Å². The van der Waals surface area contributed by atoms with Crippen molar-refractivity contribution in [3.63, 3.8) is 0 Å². The maximum absolute atomic E-state index is 12.4. The topological polar surface area (TPSA) is 76.0 Å². The Kier molecular flexibility index (Phi) is 5.02. The molecule has 0 spiro atoms. The Morgan fingerprint density at radius 1 is 1.00 bits per heavy atom. The highest BCUT2D eigenvalue weighted by atomic mass is 32.1. The third-order valence-corrected chi connectivity index (χ3v) is 5.86. The summed E-state index contributed by atoms with van der Waals surface area (Å²) in [6.07, 6.45) is 8.77. The maximum atomic E-state index is 12.4. The van der Waals surface area contributed by atoms with Gasteiger partial charge in [0.05, 0.1) is 22.3 Å². The number of fused-ring (bicyclic) bond motifs is 1. The van der Waals surface area contributed by atoms with Crippen LogP contribution in [0, 0.1) is 0 Å². The lowest BCUT2D eigenvalue weighted by atomic mass is 10.1. The van der Waals surface area contributed by atoms with Gasteiger partial charge in [-0.25, -0.2) is 4.68 Å². The lowest BCUT2D eigenvalue weighted by Gasteiger charge is -2.04. The molecule has 1 aromatic carbocycles. The first-order valence-electron chi connectivity index (χ1n) is 9.03. The quantitative estimate of drug-likeness (QED) is 0.541. The van der Waals surface area contributed by atoms with E-state index in [4.69, 9.17) is 0 Å². The molecule has 4 rings (SSSR count). The summed E-state index contributed by atoms with van der Waals surface area (Å²) < 4.78 is 1.62. The van der Waals surface area contributed by atoms with Crippen LogP contribution in [0.15, 0.2) is 48.8 Å². The van der Waals surface area contributed by atoms with Crippen molar-refractivity contribution in [2.45, 2.75) is 32.1 Å². The molecule has 0 bridgehead atoms. The van der Waals surface area contributed by atoms with Crippen LogP contribution in [0.5, 0.6) is 0 Å². The van der Waals surface area contributed by atoms with Crippen LogP contribution in [0.3, 0.4) is 0 Å². The lowest BCUT2D eigenvalue weighted by molar-refractivity contribution is 0.0849. The van der Waals surface area contributed by atoms with E-state index in [0.29, 0.717) is 10.4 Å². The van der Waals surface area contributed by atoms with Crippen LogP contribution in [-0.4, -0.2) is 21.6 Å². The highest BCUT2D eigenvalue weighted by molar-refractivity contribution is 7.14. The van der Waals surface area contributed by atoms with Gasteiger partial charge in [0.2, 0.25) is 0 Å². The average molecular weight is 380 g/mol. The number of hydrazine groups is 1. The molecule has 0 atom stereocenters. The van der Waals surface area contributed by atoms with Crippen LogP contribution in [-0.2, 0) is 12.8 Å². The van der Waals surface area contributed by atoms with E-state index in [1.807, 2.05) is 36.4 Å². The minimum absolute atomic E-state index is 0.281. The van der Waals surface area contributed by atoms with E-state index < -0.39 is 5.91 Å². The van der Waals surface area contributed by atoms with Gasteiger partial charge in [-0.1, -0.05) is 24.6 Å². The Balaban J connectivity index is 1.38. The fourth-order valence-corrected chi connectivity index (χ4v) is 4.34. The SMILES string of the molecule is O=C(NNC(=O)c1cc2c(s1)CCCCC2)c1cnn(-c2ccccc2)c1. The predicted molar refractivity (Wildman–Crippen MR) is 104 cm³/mol. The number of aryl methyl sites for hydroxylation is 2. The van der Waals surface area contributed by atoms with Gasteiger partial charge >= 0.3 is 0 Å². The summed E-state index contributed by atoms with van der Waals surface area (Å²) in [4.78, 5) is 26.6. The molecule has 138 valence electrons. The number of hydrogen-bond acceptors (Lipinski definition) is 4.